The summed E-state index contributed by atoms with van der Waals surface area (Å²) in [5, 5.41) is -0.320. The predicted octanol–water partition coefficient (Wildman–Crippen LogP) is 2.78. The molecule has 0 radical (unpaired) electrons. The maximum absolute atomic E-state index is 13.9. The number of nitrogens with two attached hydrogens (primary N) is 1. The minimum atomic E-state index is -3.28. The zero-order chi connectivity index (χ0) is 14.8. The number of hydrogen-bond acceptors (Lipinski definition) is 3. The van der Waals surface area contributed by atoms with Crippen LogP contribution in [0.25, 0.3) is 0 Å². The summed E-state index contributed by atoms with van der Waals surface area (Å²) in [6.45, 7) is 2.34. The van der Waals surface area contributed by atoms with E-state index >= 15 is 0 Å². The van der Waals surface area contributed by atoms with E-state index in [0.717, 1.165) is 12.8 Å². The fourth-order valence-corrected chi connectivity index (χ4v) is 4.92. The van der Waals surface area contributed by atoms with Crippen LogP contribution < -0.4 is 5.73 Å². The quantitative estimate of drug-likeness (QED) is 0.930. The average Bonchev–Trinajstić information content (AvgIpc) is 2.41. The second kappa shape index (κ2) is 6.22. The second-order valence-corrected chi connectivity index (χ2v) is 8.11. The van der Waals surface area contributed by atoms with Gasteiger partial charge in [-0.1, -0.05) is 31.9 Å². The normalized spacial score (nSPS) is 23.8. The molecule has 0 heterocycles. The predicted molar refractivity (Wildman–Crippen MR) is 78.3 cm³/mol. The fourth-order valence-electron chi connectivity index (χ4n) is 2.87. The standard InChI is InChI=1S/C15H22FNO2S/c1-11-3-2-4-14(7-11)20(18,19)10-13-6-5-12(9-17)8-15(13)16/h5-6,8,11,14H,2-4,7,9-10,17H2,1H3. The van der Waals surface area contributed by atoms with Crippen molar-refractivity contribution in [1.82, 2.24) is 0 Å². The minimum Gasteiger partial charge on any atom is -0.326 e. The number of sulfone groups is 1. The first-order valence-corrected chi connectivity index (χ1v) is 8.83. The van der Waals surface area contributed by atoms with E-state index in [0.29, 0.717) is 24.3 Å². The third-order valence-corrected chi connectivity index (χ3v) is 6.26. The molecule has 1 aromatic carbocycles. The summed E-state index contributed by atoms with van der Waals surface area (Å²) in [6.07, 6.45) is 3.44. The number of halogens is 1. The maximum atomic E-state index is 13.9. The van der Waals surface area contributed by atoms with Gasteiger partial charge in [-0.25, -0.2) is 12.8 Å². The Balaban J connectivity index is 2.15. The van der Waals surface area contributed by atoms with Crippen molar-refractivity contribution in [2.24, 2.45) is 11.7 Å². The van der Waals surface area contributed by atoms with E-state index in [9.17, 15) is 12.8 Å². The van der Waals surface area contributed by atoms with Gasteiger partial charge in [-0.15, -0.1) is 0 Å². The Morgan fingerprint density at radius 1 is 1.35 bits per heavy atom. The molecule has 5 heteroatoms. The molecule has 1 aromatic rings. The third kappa shape index (κ3) is 3.58. The Morgan fingerprint density at radius 2 is 2.10 bits per heavy atom. The summed E-state index contributed by atoms with van der Waals surface area (Å²) in [5.74, 6) is -0.241. The lowest BCUT2D eigenvalue weighted by Crippen LogP contribution is -2.28. The molecule has 3 nitrogen and oxygen atoms in total. The Morgan fingerprint density at radius 3 is 2.70 bits per heavy atom. The summed E-state index contributed by atoms with van der Waals surface area (Å²) in [6, 6.07) is 4.56. The van der Waals surface area contributed by atoms with Crippen LogP contribution >= 0.6 is 0 Å². The Kier molecular flexibility index (Phi) is 4.81. The molecule has 0 aromatic heterocycles. The Bertz CT molecular complexity index is 571. The zero-order valence-corrected chi connectivity index (χ0v) is 12.6. The summed E-state index contributed by atoms with van der Waals surface area (Å²) in [4.78, 5) is 0. The molecular formula is C15H22FNO2S. The molecular weight excluding hydrogens is 277 g/mol. The number of hydrogen-bond donors (Lipinski definition) is 1. The highest BCUT2D eigenvalue weighted by atomic mass is 32.2. The topological polar surface area (TPSA) is 60.2 Å². The maximum Gasteiger partial charge on any atom is 0.157 e. The van der Waals surface area contributed by atoms with E-state index in [1.54, 1.807) is 12.1 Å². The number of rotatable bonds is 4. The minimum absolute atomic E-state index is 0.207. The highest BCUT2D eigenvalue weighted by Gasteiger charge is 2.30. The van der Waals surface area contributed by atoms with Crippen molar-refractivity contribution in [2.45, 2.75) is 50.2 Å². The third-order valence-electron chi connectivity index (χ3n) is 4.11. The molecule has 1 aliphatic carbocycles. The first-order valence-electron chi connectivity index (χ1n) is 7.11. The first kappa shape index (κ1) is 15.4. The van der Waals surface area contributed by atoms with E-state index in [1.165, 1.54) is 6.07 Å². The molecule has 112 valence electrons. The van der Waals surface area contributed by atoms with Crippen LogP contribution in [0.15, 0.2) is 18.2 Å². The van der Waals surface area contributed by atoms with Crippen LogP contribution in [0.1, 0.15) is 43.7 Å². The molecule has 0 saturated heterocycles. The van der Waals surface area contributed by atoms with Gasteiger partial charge in [-0.2, -0.15) is 0 Å². The lowest BCUT2D eigenvalue weighted by atomic mass is 9.91. The number of benzene rings is 1. The van der Waals surface area contributed by atoms with Crippen LogP contribution in [0.5, 0.6) is 0 Å². The van der Waals surface area contributed by atoms with Crippen LogP contribution in [0.3, 0.4) is 0 Å². The molecule has 2 rings (SSSR count). The van der Waals surface area contributed by atoms with Crippen LogP contribution in [0.4, 0.5) is 4.39 Å². The van der Waals surface area contributed by atoms with Crippen molar-refractivity contribution in [1.29, 1.82) is 0 Å². The highest BCUT2D eigenvalue weighted by Crippen LogP contribution is 2.30. The lowest BCUT2D eigenvalue weighted by Gasteiger charge is -2.26. The van der Waals surface area contributed by atoms with Crippen LogP contribution in [0.2, 0.25) is 0 Å². The SMILES string of the molecule is CC1CCCC(S(=O)(=O)Cc2ccc(CN)cc2F)C1. The molecule has 1 saturated carbocycles. The van der Waals surface area contributed by atoms with E-state index in [-0.39, 0.29) is 23.1 Å². The molecule has 20 heavy (non-hydrogen) atoms. The summed E-state index contributed by atoms with van der Waals surface area (Å²) < 4.78 is 38.7. The van der Waals surface area contributed by atoms with Crippen LogP contribution in [0, 0.1) is 11.7 Å². The lowest BCUT2D eigenvalue weighted by molar-refractivity contribution is 0.381. The van der Waals surface area contributed by atoms with Gasteiger partial charge < -0.3 is 5.73 Å². The van der Waals surface area contributed by atoms with Gasteiger partial charge in [-0.3, -0.25) is 0 Å². The van der Waals surface area contributed by atoms with Gasteiger partial charge in [0.15, 0.2) is 9.84 Å². The molecule has 1 fully saturated rings. The molecule has 0 amide bonds. The Labute approximate surface area is 120 Å². The smallest absolute Gasteiger partial charge is 0.157 e. The average molecular weight is 299 g/mol. The molecule has 2 unspecified atom stereocenters. The van der Waals surface area contributed by atoms with Crippen molar-refractivity contribution in [3.05, 3.63) is 35.1 Å². The van der Waals surface area contributed by atoms with E-state index < -0.39 is 15.7 Å². The van der Waals surface area contributed by atoms with Gasteiger partial charge in [0.25, 0.3) is 0 Å². The van der Waals surface area contributed by atoms with Gasteiger partial charge >= 0.3 is 0 Å². The van der Waals surface area contributed by atoms with Crippen molar-refractivity contribution in [3.63, 3.8) is 0 Å². The van der Waals surface area contributed by atoms with Gasteiger partial charge in [0, 0.05) is 12.1 Å². The first-order chi connectivity index (χ1) is 9.42. The van der Waals surface area contributed by atoms with Crippen molar-refractivity contribution in [3.8, 4) is 0 Å². The summed E-state index contributed by atoms with van der Waals surface area (Å²) in [7, 11) is -3.28. The van der Waals surface area contributed by atoms with Gasteiger partial charge in [0.2, 0.25) is 0 Å². The van der Waals surface area contributed by atoms with Crippen molar-refractivity contribution in [2.75, 3.05) is 0 Å². The summed E-state index contributed by atoms with van der Waals surface area (Å²) >= 11 is 0. The van der Waals surface area contributed by atoms with E-state index in [4.69, 9.17) is 5.73 Å². The van der Waals surface area contributed by atoms with Crippen LogP contribution in [-0.2, 0) is 22.1 Å². The highest BCUT2D eigenvalue weighted by molar-refractivity contribution is 7.91. The van der Waals surface area contributed by atoms with Crippen molar-refractivity contribution < 1.29 is 12.8 Å². The summed E-state index contributed by atoms with van der Waals surface area (Å²) in [5.41, 5.74) is 6.37. The molecule has 0 aliphatic heterocycles. The van der Waals surface area contributed by atoms with Gasteiger partial charge in [0.1, 0.15) is 5.82 Å². The van der Waals surface area contributed by atoms with Gasteiger partial charge in [0.05, 0.1) is 11.0 Å². The monoisotopic (exact) mass is 299 g/mol. The molecule has 1 aliphatic rings. The molecule has 2 N–H and O–H groups in total. The second-order valence-electron chi connectivity index (χ2n) is 5.83. The fraction of sp³-hybridized carbons (Fsp3) is 0.600. The molecule has 0 bridgehead atoms. The van der Waals surface area contributed by atoms with Gasteiger partial charge in [-0.05, 0) is 30.4 Å². The molecule has 0 spiro atoms. The molecule has 2 atom stereocenters. The van der Waals surface area contributed by atoms with Crippen LogP contribution in [-0.4, -0.2) is 13.7 Å². The zero-order valence-electron chi connectivity index (χ0n) is 11.8. The van der Waals surface area contributed by atoms with E-state index in [2.05, 4.69) is 6.92 Å². The Hall–Kier alpha value is -0.940. The van der Waals surface area contributed by atoms with Crippen molar-refractivity contribution >= 4 is 9.84 Å². The largest absolute Gasteiger partial charge is 0.326 e. The van der Waals surface area contributed by atoms with E-state index in [1.807, 2.05) is 0 Å².